The Bertz CT molecular complexity index is 373. The fourth-order valence-electron chi connectivity index (χ4n) is 2.48. The van der Waals surface area contributed by atoms with Crippen molar-refractivity contribution in [3.63, 3.8) is 0 Å². The first-order chi connectivity index (χ1) is 9.30. The molecular formula is C19H33N. The number of benzene rings is 1. The average molecular weight is 275 g/mol. The molecule has 0 radical (unpaired) electrons. The van der Waals surface area contributed by atoms with E-state index in [2.05, 4.69) is 71.1 Å². The zero-order valence-corrected chi connectivity index (χ0v) is 14.3. The average Bonchev–Trinajstić information content (AvgIpc) is 2.34. The SMILES string of the molecule is CC(C)CNCCC(C)(C)Cc1ccc(C(C)C)cc1. The van der Waals surface area contributed by atoms with Crippen LogP contribution in [0.15, 0.2) is 24.3 Å². The van der Waals surface area contributed by atoms with E-state index in [1.165, 1.54) is 17.5 Å². The Morgan fingerprint density at radius 3 is 2.10 bits per heavy atom. The quantitative estimate of drug-likeness (QED) is 0.657. The molecule has 0 atom stereocenters. The summed E-state index contributed by atoms with van der Waals surface area (Å²) in [7, 11) is 0. The predicted octanol–water partition coefficient (Wildman–Crippen LogP) is 5.01. The Hall–Kier alpha value is -0.820. The third-order valence-corrected chi connectivity index (χ3v) is 3.86. The Morgan fingerprint density at radius 1 is 1.00 bits per heavy atom. The molecule has 1 rings (SSSR count). The summed E-state index contributed by atoms with van der Waals surface area (Å²) in [6.45, 7) is 16.0. The summed E-state index contributed by atoms with van der Waals surface area (Å²) in [6, 6.07) is 9.18. The van der Waals surface area contributed by atoms with E-state index in [4.69, 9.17) is 0 Å². The van der Waals surface area contributed by atoms with Gasteiger partial charge >= 0.3 is 0 Å². The third-order valence-electron chi connectivity index (χ3n) is 3.86. The molecular weight excluding hydrogens is 242 g/mol. The van der Waals surface area contributed by atoms with E-state index in [9.17, 15) is 0 Å². The monoisotopic (exact) mass is 275 g/mol. The van der Waals surface area contributed by atoms with Crippen LogP contribution in [0, 0.1) is 11.3 Å². The fourth-order valence-corrected chi connectivity index (χ4v) is 2.48. The van der Waals surface area contributed by atoms with E-state index < -0.39 is 0 Å². The highest BCUT2D eigenvalue weighted by Gasteiger charge is 2.18. The van der Waals surface area contributed by atoms with Crippen LogP contribution in [-0.4, -0.2) is 13.1 Å². The van der Waals surface area contributed by atoms with Gasteiger partial charge in [-0.25, -0.2) is 0 Å². The highest BCUT2D eigenvalue weighted by atomic mass is 14.8. The van der Waals surface area contributed by atoms with Crippen molar-refractivity contribution < 1.29 is 0 Å². The lowest BCUT2D eigenvalue weighted by Crippen LogP contribution is -2.26. The van der Waals surface area contributed by atoms with Crippen molar-refractivity contribution in [1.82, 2.24) is 5.32 Å². The molecule has 0 unspecified atom stereocenters. The molecule has 0 fully saturated rings. The number of rotatable bonds is 8. The molecule has 1 heteroatoms. The first-order valence-electron chi connectivity index (χ1n) is 8.10. The second-order valence-electron chi connectivity index (χ2n) is 7.59. The minimum atomic E-state index is 0.364. The normalized spacial score (nSPS) is 12.4. The topological polar surface area (TPSA) is 12.0 Å². The minimum Gasteiger partial charge on any atom is -0.316 e. The third kappa shape index (κ3) is 6.56. The summed E-state index contributed by atoms with van der Waals surface area (Å²) < 4.78 is 0. The van der Waals surface area contributed by atoms with Gasteiger partial charge in [-0.15, -0.1) is 0 Å². The molecule has 0 saturated carbocycles. The molecule has 1 aromatic carbocycles. The Labute approximate surface area is 126 Å². The zero-order chi connectivity index (χ0) is 15.2. The summed E-state index contributed by atoms with van der Waals surface area (Å²) in [6.07, 6.45) is 2.39. The van der Waals surface area contributed by atoms with E-state index in [0.29, 0.717) is 11.3 Å². The maximum Gasteiger partial charge on any atom is -0.00258 e. The van der Waals surface area contributed by atoms with Gasteiger partial charge in [-0.05, 0) is 54.3 Å². The van der Waals surface area contributed by atoms with Crippen LogP contribution in [0.1, 0.15) is 65.0 Å². The van der Waals surface area contributed by atoms with Gasteiger partial charge in [-0.3, -0.25) is 0 Å². The summed E-state index contributed by atoms with van der Waals surface area (Å²) in [5, 5.41) is 3.55. The maximum atomic E-state index is 3.55. The highest BCUT2D eigenvalue weighted by Crippen LogP contribution is 2.26. The Morgan fingerprint density at radius 2 is 1.60 bits per heavy atom. The first-order valence-corrected chi connectivity index (χ1v) is 8.10. The van der Waals surface area contributed by atoms with Crippen LogP contribution in [0.5, 0.6) is 0 Å². The smallest absolute Gasteiger partial charge is 0.00258 e. The van der Waals surface area contributed by atoms with E-state index in [1.807, 2.05) is 0 Å². The minimum absolute atomic E-state index is 0.364. The molecule has 20 heavy (non-hydrogen) atoms. The van der Waals surface area contributed by atoms with Gasteiger partial charge in [0, 0.05) is 0 Å². The Balaban J connectivity index is 2.44. The lowest BCUT2D eigenvalue weighted by Gasteiger charge is -2.25. The van der Waals surface area contributed by atoms with Crippen molar-refractivity contribution in [2.75, 3.05) is 13.1 Å². The molecule has 1 nitrogen and oxygen atoms in total. The summed E-state index contributed by atoms with van der Waals surface area (Å²) in [5.74, 6) is 1.36. The number of hydrogen-bond acceptors (Lipinski definition) is 1. The predicted molar refractivity (Wildman–Crippen MR) is 90.3 cm³/mol. The van der Waals surface area contributed by atoms with Gasteiger partial charge in [-0.2, -0.15) is 0 Å². The van der Waals surface area contributed by atoms with E-state index >= 15 is 0 Å². The number of hydrogen-bond donors (Lipinski definition) is 1. The zero-order valence-electron chi connectivity index (χ0n) is 14.3. The van der Waals surface area contributed by atoms with E-state index in [0.717, 1.165) is 25.4 Å². The molecule has 0 heterocycles. The second-order valence-corrected chi connectivity index (χ2v) is 7.59. The molecule has 0 aromatic heterocycles. The lowest BCUT2D eigenvalue weighted by atomic mass is 9.82. The van der Waals surface area contributed by atoms with Gasteiger partial charge < -0.3 is 5.32 Å². The van der Waals surface area contributed by atoms with Crippen LogP contribution in [0.3, 0.4) is 0 Å². The standard InChI is InChI=1S/C19H33N/c1-15(2)14-20-12-11-19(5,6)13-17-7-9-18(10-8-17)16(3)4/h7-10,15-16,20H,11-14H2,1-6H3. The molecule has 0 aliphatic rings. The summed E-state index contributed by atoms with van der Waals surface area (Å²) in [5.41, 5.74) is 3.26. The van der Waals surface area contributed by atoms with Crippen LogP contribution in [0.4, 0.5) is 0 Å². The Kier molecular flexibility index (Phi) is 6.75. The molecule has 0 saturated heterocycles. The molecule has 114 valence electrons. The molecule has 1 aromatic rings. The van der Waals surface area contributed by atoms with Crippen LogP contribution < -0.4 is 5.32 Å². The van der Waals surface area contributed by atoms with Gasteiger partial charge in [0.2, 0.25) is 0 Å². The van der Waals surface area contributed by atoms with Gasteiger partial charge in [-0.1, -0.05) is 65.8 Å². The fraction of sp³-hybridized carbons (Fsp3) is 0.684. The van der Waals surface area contributed by atoms with Gasteiger partial charge in [0.1, 0.15) is 0 Å². The molecule has 0 bridgehead atoms. The van der Waals surface area contributed by atoms with Crippen LogP contribution in [-0.2, 0) is 6.42 Å². The maximum absolute atomic E-state index is 3.55. The molecule has 1 N–H and O–H groups in total. The van der Waals surface area contributed by atoms with Crippen molar-refractivity contribution >= 4 is 0 Å². The largest absolute Gasteiger partial charge is 0.316 e. The van der Waals surface area contributed by atoms with Gasteiger partial charge in [0.05, 0.1) is 0 Å². The molecule has 0 aliphatic carbocycles. The lowest BCUT2D eigenvalue weighted by molar-refractivity contribution is 0.322. The molecule has 0 aliphatic heterocycles. The van der Waals surface area contributed by atoms with Crippen molar-refractivity contribution in [3.05, 3.63) is 35.4 Å². The van der Waals surface area contributed by atoms with Gasteiger partial charge in [0.15, 0.2) is 0 Å². The first kappa shape index (κ1) is 17.2. The van der Waals surface area contributed by atoms with Crippen molar-refractivity contribution in [2.45, 2.75) is 60.3 Å². The van der Waals surface area contributed by atoms with E-state index in [-0.39, 0.29) is 0 Å². The molecule has 0 amide bonds. The van der Waals surface area contributed by atoms with Crippen LogP contribution in [0.2, 0.25) is 0 Å². The molecule has 0 spiro atoms. The second kappa shape index (κ2) is 7.83. The summed E-state index contributed by atoms with van der Waals surface area (Å²) >= 11 is 0. The van der Waals surface area contributed by atoms with Crippen molar-refractivity contribution in [2.24, 2.45) is 11.3 Å². The van der Waals surface area contributed by atoms with Gasteiger partial charge in [0.25, 0.3) is 0 Å². The van der Waals surface area contributed by atoms with Crippen molar-refractivity contribution in [3.8, 4) is 0 Å². The van der Waals surface area contributed by atoms with Crippen LogP contribution in [0.25, 0.3) is 0 Å². The number of nitrogens with one attached hydrogen (secondary N) is 1. The summed E-state index contributed by atoms with van der Waals surface area (Å²) in [4.78, 5) is 0. The van der Waals surface area contributed by atoms with Crippen molar-refractivity contribution in [1.29, 1.82) is 0 Å². The van der Waals surface area contributed by atoms with E-state index in [1.54, 1.807) is 0 Å². The highest BCUT2D eigenvalue weighted by molar-refractivity contribution is 5.25. The van der Waals surface area contributed by atoms with Crippen LogP contribution >= 0.6 is 0 Å².